The first-order chi connectivity index (χ1) is 7.65. The largest absolute Gasteiger partial charge is 0.481 e. The molecule has 1 fully saturated rings. The lowest BCUT2D eigenvalue weighted by molar-refractivity contribution is -0.137. The summed E-state index contributed by atoms with van der Waals surface area (Å²) in [6, 6.07) is 1.87. The van der Waals surface area contributed by atoms with Crippen LogP contribution in [-0.2, 0) is 4.79 Å². The number of aryl methyl sites for hydroxylation is 1. The number of nitrogens with zero attached hydrogens (tertiary/aromatic N) is 3. The Labute approximate surface area is 94.1 Å². The van der Waals surface area contributed by atoms with E-state index in [1.54, 1.807) is 6.20 Å². The maximum atomic E-state index is 10.6. The highest BCUT2D eigenvalue weighted by atomic mass is 16.4. The fourth-order valence-corrected chi connectivity index (χ4v) is 2.07. The minimum atomic E-state index is -0.717. The molecule has 1 unspecified atom stereocenters. The van der Waals surface area contributed by atoms with E-state index in [1.165, 1.54) is 0 Å². The van der Waals surface area contributed by atoms with Crippen molar-refractivity contribution in [3.8, 4) is 0 Å². The van der Waals surface area contributed by atoms with Crippen LogP contribution in [0.4, 0.5) is 5.82 Å². The summed E-state index contributed by atoms with van der Waals surface area (Å²) in [5.74, 6) is 1.18. The molecule has 1 aliphatic rings. The van der Waals surface area contributed by atoms with Gasteiger partial charge in [-0.3, -0.25) is 4.79 Å². The molecule has 0 aliphatic carbocycles. The third kappa shape index (κ3) is 2.48. The molecule has 5 nitrogen and oxygen atoms in total. The molecule has 86 valence electrons. The second-order valence-corrected chi connectivity index (χ2v) is 4.16. The van der Waals surface area contributed by atoms with Gasteiger partial charge < -0.3 is 10.0 Å². The van der Waals surface area contributed by atoms with Gasteiger partial charge in [0.2, 0.25) is 0 Å². The van der Waals surface area contributed by atoms with Gasteiger partial charge in [0.05, 0.1) is 0 Å². The molecule has 16 heavy (non-hydrogen) atoms. The third-order valence-corrected chi connectivity index (χ3v) is 2.83. The van der Waals surface area contributed by atoms with E-state index in [2.05, 4.69) is 14.9 Å². The van der Waals surface area contributed by atoms with Crippen molar-refractivity contribution in [3.05, 3.63) is 18.1 Å². The molecule has 0 spiro atoms. The van der Waals surface area contributed by atoms with Crippen LogP contribution in [0.15, 0.2) is 12.3 Å². The van der Waals surface area contributed by atoms with E-state index in [0.29, 0.717) is 0 Å². The molecule has 0 bridgehead atoms. The summed E-state index contributed by atoms with van der Waals surface area (Å²) in [6.07, 6.45) is 2.91. The molecule has 0 radical (unpaired) electrons. The molecule has 0 amide bonds. The molecule has 1 saturated heterocycles. The Bertz CT molecular complexity index is 395. The van der Waals surface area contributed by atoms with Crippen LogP contribution in [0.2, 0.25) is 0 Å². The number of hydrogen-bond donors (Lipinski definition) is 1. The summed E-state index contributed by atoms with van der Waals surface area (Å²) in [6.45, 7) is 3.52. The minimum Gasteiger partial charge on any atom is -0.481 e. The topological polar surface area (TPSA) is 66.3 Å². The number of carboxylic acid groups (broad SMARTS) is 1. The summed E-state index contributed by atoms with van der Waals surface area (Å²) in [5.41, 5.74) is 0. The van der Waals surface area contributed by atoms with Crippen LogP contribution in [0.1, 0.15) is 18.7 Å². The number of hydrogen-bond acceptors (Lipinski definition) is 4. The van der Waals surface area contributed by atoms with Gasteiger partial charge in [0.1, 0.15) is 11.6 Å². The zero-order valence-electron chi connectivity index (χ0n) is 9.26. The Morgan fingerprint density at radius 3 is 3.19 bits per heavy atom. The van der Waals surface area contributed by atoms with E-state index >= 15 is 0 Å². The molecule has 0 aromatic carbocycles. The normalized spacial score (nSPS) is 20.1. The Hall–Kier alpha value is -1.65. The second kappa shape index (κ2) is 4.47. The quantitative estimate of drug-likeness (QED) is 0.827. The van der Waals surface area contributed by atoms with Crippen LogP contribution in [0.5, 0.6) is 0 Å². The number of carboxylic acids is 1. The van der Waals surface area contributed by atoms with Crippen molar-refractivity contribution in [1.29, 1.82) is 0 Å². The van der Waals surface area contributed by atoms with E-state index in [0.717, 1.165) is 31.2 Å². The third-order valence-electron chi connectivity index (χ3n) is 2.83. The number of aliphatic carboxylic acids is 1. The molecule has 5 heteroatoms. The summed E-state index contributed by atoms with van der Waals surface area (Å²) < 4.78 is 0. The van der Waals surface area contributed by atoms with Crippen molar-refractivity contribution in [1.82, 2.24) is 9.97 Å². The summed E-state index contributed by atoms with van der Waals surface area (Å²) in [5, 5.41) is 8.73. The van der Waals surface area contributed by atoms with Crippen LogP contribution in [0, 0.1) is 12.8 Å². The minimum absolute atomic E-state index is 0.243. The average Bonchev–Trinajstić information content (AvgIpc) is 2.65. The lowest BCUT2D eigenvalue weighted by atomic mass is 10.1. The van der Waals surface area contributed by atoms with Gasteiger partial charge in [-0.05, 0) is 25.3 Å². The molecular weight excluding hydrogens is 206 g/mol. The van der Waals surface area contributed by atoms with Crippen LogP contribution >= 0.6 is 0 Å². The highest BCUT2D eigenvalue weighted by Crippen LogP contribution is 2.23. The molecule has 1 aliphatic heterocycles. The Morgan fingerprint density at radius 2 is 2.50 bits per heavy atom. The van der Waals surface area contributed by atoms with Crippen molar-refractivity contribution in [3.63, 3.8) is 0 Å². The highest BCUT2D eigenvalue weighted by molar-refractivity contribution is 5.67. The molecule has 1 atom stereocenters. The van der Waals surface area contributed by atoms with E-state index in [-0.39, 0.29) is 12.3 Å². The van der Waals surface area contributed by atoms with Crippen molar-refractivity contribution < 1.29 is 9.90 Å². The fourth-order valence-electron chi connectivity index (χ4n) is 2.07. The average molecular weight is 221 g/mol. The van der Waals surface area contributed by atoms with Gasteiger partial charge in [0, 0.05) is 25.7 Å². The standard InChI is InChI=1S/C11H15N3O2/c1-8-12-4-2-10(13-8)14-5-3-9(7-14)6-11(15)16/h2,4,9H,3,5-7H2,1H3,(H,15,16). The molecule has 2 heterocycles. The first kappa shape index (κ1) is 10.9. The predicted molar refractivity (Wildman–Crippen MR) is 59.3 cm³/mol. The monoisotopic (exact) mass is 221 g/mol. The molecule has 1 aromatic rings. The van der Waals surface area contributed by atoms with Gasteiger partial charge in [-0.15, -0.1) is 0 Å². The summed E-state index contributed by atoms with van der Waals surface area (Å²) >= 11 is 0. The molecule has 0 saturated carbocycles. The van der Waals surface area contributed by atoms with Gasteiger partial charge >= 0.3 is 5.97 Å². The van der Waals surface area contributed by atoms with Crippen molar-refractivity contribution >= 4 is 11.8 Å². The van der Waals surface area contributed by atoms with Crippen LogP contribution in [0.25, 0.3) is 0 Å². The number of aromatic nitrogens is 2. The molecule has 2 rings (SSSR count). The summed E-state index contributed by atoms with van der Waals surface area (Å²) in [4.78, 5) is 21.1. The van der Waals surface area contributed by atoms with Gasteiger partial charge in [0.25, 0.3) is 0 Å². The Morgan fingerprint density at radius 1 is 1.69 bits per heavy atom. The maximum absolute atomic E-state index is 10.6. The fraction of sp³-hybridized carbons (Fsp3) is 0.545. The van der Waals surface area contributed by atoms with Gasteiger partial charge in [-0.25, -0.2) is 9.97 Å². The first-order valence-corrected chi connectivity index (χ1v) is 5.41. The van der Waals surface area contributed by atoms with Crippen LogP contribution in [-0.4, -0.2) is 34.1 Å². The SMILES string of the molecule is Cc1nccc(N2CCC(CC(=O)O)C2)n1. The second-order valence-electron chi connectivity index (χ2n) is 4.16. The highest BCUT2D eigenvalue weighted by Gasteiger charge is 2.25. The lowest BCUT2D eigenvalue weighted by Gasteiger charge is -2.17. The molecule has 1 aromatic heterocycles. The Kier molecular flexibility index (Phi) is 3.03. The maximum Gasteiger partial charge on any atom is 0.303 e. The zero-order valence-corrected chi connectivity index (χ0v) is 9.26. The van der Waals surface area contributed by atoms with Gasteiger partial charge in [-0.2, -0.15) is 0 Å². The molecular formula is C11H15N3O2. The van der Waals surface area contributed by atoms with Gasteiger partial charge in [0.15, 0.2) is 0 Å². The smallest absolute Gasteiger partial charge is 0.303 e. The Balaban J connectivity index is 2.00. The van der Waals surface area contributed by atoms with Gasteiger partial charge in [-0.1, -0.05) is 0 Å². The number of carbonyl (C=O) groups is 1. The predicted octanol–water partition coefficient (Wildman–Crippen LogP) is 1.09. The van der Waals surface area contributed by atoms with E-state index in [1.807, 2.05) is 13.0 Å². The van der Waals surface area contributed by atoms with Crippen molar-refractivity contribution in [2.75, 3.05) is 18.0 Å². The molecule has 1 N–H and O–H groups in total. The van der Waals surface area contributed by atoms with Crippen molar-refractivity contribution in [2.45, 2.75) is 19.8 Å². The van der Waals surface area contributed by atoms with E-state index < -0.39 is 5.97 Å². The number of anilines is 1. The van der Waals surface area contributed by atoms with Crippen LogP contribution in [0.3, 0.4) is 0 Å². The van der Waals surface area contributed by atoms with E-state index in [4.69, 9.17) is 5.11 Å². The first-order valence-electron chi connectivity index (χ1n) is 5.41. The zero-order chi connectivity index (χ0) is 11.5. The number of rotatable bonds is 3. The lowest BCUT2D eigenvalue weighted by Crippen LogP contribution is -2.21. The van der Waals surface area contributed by atoms with Crippen molar-refractivity contribution in [2.24, 2.45) is 5.92 Å². The van der Waals surface area contributed by atoms with E-state index in [9.17, 15) is 4.79 Å². The summed E-state index contributed by atoms with van der Waals surface area (Å²) in [7, 11) is 0. The van der Waals surface area contributed by atoms with Crippen LogP contribution < -0.4 is 4.90 Å².